The number of carbonyl (C=O) groups is 1. The molecule has 4 heteroatoms. The molecular weight excluding hydrogens is 243 g/mol. The van der Waals surface area contributed by atoms with E-state index >= 15 is 0 Å². The molecule has 2 unspecified atom stereocenters. The summed E-state index contributed by atoms with van der Waals surface area (Å²) in [6, 6.07) is 6.58. The summed E-state index contributed by atoms with van der Waals surface area (Å²) in [5, 5.41) is 3.38. The van der Waals surface area contributed by atoms with Crippen LogP contribution < -0.4 is 10.2 Å². The summed E-state index contributed by atoms with van der Waals surface area (Å²) >= 11 is 0. The van der Waals surface area contributed by atoms with Crippen molar-refractivity contribution in [3.63, 3.8) is 0 Å². The summed E-state index contributed by atoms with van der Waals surface area (Å²) in [6.07, 6.45) is 2.73. The number of hydrogen-bond acceptors (Lipinski definition) is 2. The lowest BCUT2D eigenvalue weighted by Gasteiger charge is -2.31. The summed E-state index contributed by atoms with van der Waals surface area (Å²) in [4.78, 5) is 13.6. The topological polar surface area (TPSA) is 32.3 Å². The fourth-order valence-electron chi connectivity index (χ4n) is 2.57. The standard InChI is InChI=1S/C15H21FN2O/c1-11-6-5-9-17-13(11)10-15(19)18(2)14-8-4-3-7-12(14)16/h3-4,7-8,11,13,17H,5-6,9-10H2,1-2H3. The van der Waals surface area contributed by atoms with Gasteiger partial charge in [-0.15, -0.1) is 0 Å². The predicted molar refractivity (Wildman–Crippen MR) is 74.6 cm³/mol. The van der Waals surface area contributed by atoms with E-state index in [9.17, 15) is 9.18 Å². The van der Waals surface area contributed by atoms with Crippen LogP contribution in [0.4, 0.5) is 10.1 Å². The SMILES string of the molecule is CC1CCCNC1CC(=O)N(C)c1ccccc1F. The Morgan fingerprint density at radius 2 is 2.21 bits per heavy atom. The first-order chi connectivity index (χ1) is 9.09. The monoisotopic (exact) mass is 264 g/mol. The summed E-state index contributed by atoms with van der Waals surface area (Å²) in [6.45, 7) is 3.12. The number of benzene rings is 1. The number of nitrogens with one attached hydrogen (secondary N) is 1. The lowest BCUT2D eigenvalue weighted by Crippen LogP contribution is -2.44. The molecule has 19 heavy (non-hydrogen) atoms. The van der Waals surface area contributed by atoms with Crippen molar-refractivity contribution in [1.29, 1.82) is 0 Å². The lowest BCUT2D eigenvalue weighted by molar-refractivity contribution is -0.119. The first kappa shape index (κ1) is 14.0. The van der Waals surface area contributed by atoms with Gasteiger partial charge in [0.1, 0.15) is 5.82 Å². The molecule has 1 aliphatic heterocycles. The van der Waals surface area contributed by atoms with E-state index < -0.39 is 0 Å². The molecule has 1 aromatic rings. The minimum Gasteiger partial charge on any atom is -0.313 e. The number of nitrogens with zero attached hydrogens (tertiary/aromatic N) is 1. The molecule has 0 saturated carbocycles. The number of halogens is 1. The minimum absolute atomic E-state index is 0.0450. The van der Waals surface area contributed by atoms with E-state index in [2.05, 4.69) is 12.2 Å². The average Bonchev–Trinajstić information content (AvgIpc) is 2.41. The molecule has 1 heterocycles. The molecule has 1 aliphatic rings. The van der Waals surface area contributed by atoms with Crippen molar-refractivity contribution in [2.45, 2.75) is 32.2 Å². The number of piperidine rings is 1. The number of rotatable bonds is 3. The zero-order valence-corrected chi connectivity index (χ0v) is 11.5. The zero-order valence-electron chi connectivity index (χ0n) is 11.5. The normalized spacial score (nSPS) is 23.1. The summed E-state index contributed by atoms with van der Waals surface area (Å²) in [5.74, 6) is 0.0890. The van der Waals surface area contributed by atoms with Gasteiger partial charge < -0.3 is 10.2 Å². The van der Waals surface area contributed by atoms with Crippen molar-refractivity contribution >= 4 is 11.6 Å². The van der Waals surface area contributed by atoms with E-state index in [4.69, 9.17) is 0 Å². The Hall–Kier alpha value is -1.42. The molecule has 104 valence electrons. The summed E-state index contributed by atoms with van der Waals surface area (Å²) in [7, 11) is 1.63. The first-order valence-corrected chi connectivity index (χ1v) is 6.84. The molecule has 1 saturated heterocycles. The van der Waals surface area contributed by atoms with Gasteiger partial charge in [-0.05, 0) is 37.4 Å². The van der Waals surface area contributed by atoms with Gasteiger partial charge >= 0.3 is 0 Å². The fourth-order valence-corrected chi connectivity index (χ4v) is 2.57. The van der Waals surface area contributed by atoms with E-state index in [1.807, 2.05) is 0 Å². The molecule has 3 nitrogen and oxygen atoms in total. The Morgan fingerprint density at radius 3 is 2.89 bits per heavy atom. The molecular formula is C15H21FN2O. The third-order valence-corrected chi connectivity index (χ3v) is 3.91. The number of hydrogen-bond donors (Lipinski definition) is 1. The molecule has 2 rings (SSSR count). The molecule has 1 N–H and O–H groups in total. The zero-order chi connectivity index (χ0) is 13.8. The number of anilines is 1. The number of carbonyl (C=O) groups excluding carboxylic acids is 1. The van der Waals surface area contributed by atoms with Crippen LogP contribution >= 0.6 is 0 Å². The van der Waals surface area contributed by atoms with Gasteiger partial charge in [0.25, 0.3) is 0 Å². The van der Waals surface area contributed by atoms with Gasteiger partial charge in [0, 0.05) is 19.5 Å². The van der Waals surface area contributed by atoms with Gasteiger partial charge in [-0.2, -0.15) is 0 Å². The van der Waals surface area contributed by atoms with Gasteiger partial charge in [0.2, 0.25) is 5.91 Å². The Labute approximate surface area is 113 Å². The summed E-state index contributed by atoms with van der Waals surface area (Å²) < 4.78 is 13.6. The second-order valence-corrected chi connectivity index (χ2v) is 5.29. The highest BCUT2D eigenvalue weighted by Crippen LogP contribution is 2.22. The molecule has 1 fully saturated rings. The van der Waals surface area contributed by atoms with E-state index in [0.29, 0.717) is 18.0 Å². The number of para-hydroxylation sites is 1. The van der Waals surface area contributed by atoms with E-state index in [0.717, 1.165) is 19.4 Å². The molecule has 2 atom stereocenters. The van der Waals surface area contributed by atoms with Gasteiger partial charge in [0.05, 0.1) is 5.69 Å². The van der Waals surface area contributed by atoms with Crippen LogP contribution in [0.5, 0.6) is 0 Å². The highest BCUT2D eigenvalue weighted by Gasteiger charge is 2.25. The van der Waals surface area contributed by atoms with Gasteiger partial charge in [-0.25, -0.2) is 4.39 Å². The second kappa shape index (κ2) is 6.15. The van der Waals surface area contributed by atoms with Crippen LogP contribution in [-0.4, -0.2) is 25.5 Å². The smallest absolute Gasteiger partial charge is 0.228 e. The second-order valence-electron chi connectivity index (χ2n) is 5.29. The fraction of sp³-hybridized carbons (Fsp3) is 0.533. The van der Waals surface area contributed by atoms with Crippen molar-refractivity contribution < 1.29 is 9.18 Å². The molecule has 1 aromatic carbocycles. The first-order valence-electron chi connectivity index (χ1n) is 6.84. The third-order valence-electron chi connectivity index (χ3n) is 3.91. The van der Waals surface area contributed by atoms with Crippen LogP contribution in [0.15, 0.2) is 24.3 Å². The predicted octanol–water partition coefficient (Wildman–Crippen LogP) is 2.57. The van der Waals surface area contributed by atoms with Crippen LogP contribution in [0.25, 0.3) is 0 Å². The molecule has 0 aromatic heterocycles. The lowest BCUT2D eigenvalue weighted by atomic mass is 9.90. The van der Waals surface area contributed by atoms with Crippen LogP contribution in [0.2, 0.25) is 0 Å². The molecule has 0 aliphatic carbocycles. The Morgan fingerprint density at radius 1 is 1.47 bits per heavy atom. The highest BCUT2D eigenvalue weighted by molar-refractivity contribution is 5.93. The average molecular weight is 264 g/mol. The van der Waals surface area contributed by atoms with E-state index in [-0.39, 0.29) is 17.8 Å². The quantitative estimate of drug-likeness (QED) is 0.910. The molecule has 0 radical (unpaired) electrons. The Bertz CT molecular complexity index is 450. The van der Waals surface area contributed by atoms with Crippen molar-refractivity contribution in [1.82, 2.24) is 5.32 Å². The minimum atomic E-state index is -0.358. The molecule has 0 bridgehead atoms. The van der Waals surface area contributed by atoms with Crippen molar-refractivity contribution in [2.75, 3.05) is 18.5 Å². The molecule has 0 spiro atoms. The van der Waals surface area contributed by atoms with Crippen molar-refractivity contribution in [2.24, 2.45) is 5.92 Å². The maximum absolute atomic E-state index is 13.6. The Kier molecular flexibility index (Phi) is 4.53. The van der Waals surface area contributed by atoms with Crippen LogP contribution in [0.1, 0.15) is 26.2 Å². The highest BCUT2D eigenvalue weighted by atomic mass is 19.1. The van der Waals surface area contributed by atoms with Crippen molar-refractivity contribution in [3.05, 3.63) is 30.1 Å². The third kappa shape index (κ3) is 3.32. The van der Waals surface area contributed by atoms with Gasteiger partial charge in [0.15, 0.2) is 0 Å². The maximum atomic E-state index is 13.6. The summed E-state index contributed by atoms with van der Waals surface area (Å²) in [5.41, 5.74) is 0.343. The van der Waals surface area contributed by atoms with Crippen molar-refractivity contribution in [3.8, 4) is 0 Å². The van der Waals surface area contributed by atoms with Crippen LogP contribution in [0, 0.1) is 11.7 Å². The Balaban J connectivity index is 2.01. The van der Waals surface area contributed by atoms with E-state index in [1.54, 1.807) is 25.2 Å². The number of amides is 1. The van der Waals surface area contributed by atoms with E-state index in [1.165, 1.54) is 11.0 Å². The maximum Gasteiger partial charge on any atom is 0.228 e. The molecule has 1 amide bonds. The van der Waals surface area contributed by atoms with Gasteiger partial charge in [-0.1, -0.05) is 19.1 Å². The van der Waals surface area contributed by atoms with Crippen LogP contribution in [-0.2, 0) is 4.79 Å². The largest absolute Gasteiger partial charge is 0.313 e. The van der Waals surface area contributed by atoms with Gasteiger partial charge in [-0.3, -0.25) is 4.79 Å². The van der Waals surface area contributed by atoms with Crippen LogP contribution in [0.3, 0.4) is 0 Å².